The first kappa shape index (κ1) is 19.0. The summed E-state index contributed by atoms with van der Waals surface area (Å²) in [6.07, 6.45) is 0. The second kappa shape index (κ2) is 7.82. The minimum Gasteiger partial charge on any atom is -0.378 e. The van der Waals surface area contributed by atoms with E-state index in [0.29, 0.717) is 25.2 Å². The highest BCUT2D eigenvalue weighted by Crippen LogP contribution is 2.19. The Morgan fingerprint density at radius 3 is 2.44 bits per heavy atom. The summed E-state index contributed by atoms with van der Waals surface area (Å²) in [7, 11) is 3.93. The van der Waals surface area contributed by atoms with Gasteiger partial charge in [0.2, 0.25) is 5.91 Å². The maximum Gasteiger partial charge on any atom is 0.254 e. The van der Waals surface area contributed by atoms with Crippen LogP contribution in [0, 0.1) is 6.92 Å². The van der Waals surface area contributed by atoms with E-state index in [-0.39, 0.29) is 11.8 Å². The Kier molecular flexibility index (Phi) is 5.49. The summed E-state index contributed by atoms with van der Waals surface area (Å²) in [5, 5.41) is 0. The van der Waals surface area contributed by atoms with Crippen LogP contribution in [-0.2, 0) is 11.3 Å². The van der Waals surface area contributed by atoms with Crippen LogP contribution in [0.1, 0.15) is 28.4 Å². The lowest BCUT2D eigenvalue weighted by Crippen LogP contribution is -2.57. The van der Waals surface area contributed by atoms with Gasteiger partial charge in [-0.2, -0.15) is 0 Å². The van der Waals surface area contributed by atoms with Crippen LogP contribution < -0.4 is 4.90 Å². The van der Waals surface area contributed by atoms with Gasteiger partial charge in [-0.25, -0.2) is 0 Å². The summed E-state index contributed by atoms with van der Waals surface area (Å²) in [5.41, 5.74) is 3.96. The second-order valence-corrected chi connectivity index (χ2v) is 7.36. The predicted molar refractivity (Wildman–Crippen MR) is 108 cm³/mol. The molecule has 0 bridgehead atoms. The van der Waals surface area contributed by atoms with Crippen LogP contribution in [0.25, 0.3) is 0 Å². The van der Waals surface area contributed by atoms with E-state index in [9.17, 15) is 9.59 Å². The third kappa shape index (κ3) is 4.13. The van der Waals surface area contributed by atoms with Gasteiger partial charge in [0, 0.05) is 45.0 Å². The second-order valence-electron chi connectivity index (χ2n) is 7.36. The van der Waals surface area contributed by atoms with Crippen molar-refractivity contribution in [2.75, 3.05) is 32.1 Å². The molecule has 0 aromatic heterocycles. The molecule has 3 rings (SSSR count). The number of benzene rings is 2. The molecule has 1 saturated heterocycles. The molecule has 142 valence electrons. The van der Waals surface area contributed by atoms with E-state index in [1.165, 1.54) is 5.56 Å². The van der Waals surface area contributed by atoms with E-state index >= 15 is 0 Å². The lowest BCUT2D eigenvalue weighted by molar-refractivity contribution is -0.140. The van der Waals surface area contributed by atoms with Crippen molar-refractivity contribution in [2.45, 2.75) is 26.4 Å². The largest absolute Gasteiger partial charge is 0.378 e. The number of piperazine rings is 1. The standard InChI is InChI=1S/C22H27N3O2/c1-16-6-5-7-18(14-16)15-24-12-13-25(17(2)21(24)26)22(27)19-8-10-20(11-9-19)23(3)4/h5-11,14,17H,12-13,15H2,1-4H3/t17-/m1/s1. The third-order valence-corrected chi connectivity index (χ3v) is 5.09. The molecule has 0 spiro atoms. The first-order valence-electron chi connectivity index (χ1n) is 9.29. The zero-order valence-corrected chi connectivity index (χ0v) is 16.5. The molecule has 1 fully saturated rings. The van der Waals surface area contributed by atoms with Gasteiger partial charge in [-0.15, -0.1) is 0 Å². The van der Waals surface area contributed by atoms with Gasteiger partial charge < -0.3 is 14.7 Å². The topological polar surface area (TPSA) is 43.9 Å². The molecule has 0 unspecified atom stereocenters. The number of hydrogen-bond donors (Lipinski definition) is 0. The van der Waals surface area contributed by atoms with E-state index in [4.69, 9.17) is 0 Å². The number of aryl methyl sites for hydroxylation is 1. The summed E-state index contributed by atoms with van der Waals surface area (Å²) in [4.78, 5) is 31.2. The molecule has 1 aliphatic heterocycles. The van der Waals surface area contributed by atoms with Gasteiger partial charge in [0.15, 0.2) is 0 Å². The predicted octanol–water partition coefficient (Wildman–Crippen LogP) is 2.93. The number of nitrogens with zero attached hydrogens (tertiary/aromatic N) is 3. The number of carbonyl (C=O) groups excluding carboxylic acids is 2. The number of amides is 2. The van der Waals surface area contributed by atoms with Crippen LogP contribution in [0.3, 0.4) is 0 Å². The maximum absolute atomic E-state index is 12.9. The van der Waals surface area contributed by atoms with Gasteiger partial charge in [-0.1, -0.05) is 29.8 Å². The molecule has 0 radical (unpaired) electrons. The molecule has 5 nitrogen and oxygen atoms in total. The Morgan fingerprint density at radius 1 is 1.11 bits per heavy atom. The molecule has 1 heterocycles. The highest BCUT2D eigenvalue weighted by Gasteiger charge is 2.34. The summed E-state index contributed by atoms with van der Waals surface area (Å²) in [6, 6.07) is 15.2. The Bertz CT molecular complexity index is 830. The van der Waals surface area contributed by atoms with Crippen molar-refractivity contribution in [3.8, 4) is 0 Å². The molecule has 2 aromatic carbocycles. The van der Waals surface area contributed by atoms with Crippen LogP contribution in [0.15, 0.2) is 48.5 Å². The Balaban J connectivity index is 1.69. The van der Waals surface area contributed by atoms with Crippen molar-refractivity contribution in [1.82, 2.24) is 9.80 Å². The minimum absolute atomic E-state index is 0.000942. The first-order valence-corrected chi connectivity index (χ1v) is 9.29. The molecule has 2 aromatic rings. The SMILES string of the molecule is Cc1cccc(CN2CCN(C(=O)c3ccc(N(C)C)cc3)[C@H](C)C2=O)c1. The first-order chi connectivity index (χ1) is 12.9. The van der Waals surface area contributed by atoms with Crippen LogP contribution in [0.4, 0.5) is 5.69 Å². The summed E-state index contributed by atoms with van der Waals surface area (Å²) in [5.74, 6) is -0.0858. The fraction of sp³-hybridized carbons (Fsp3) is 0.364. The number of rotatable bonds is 4. The summed E-state index contributed by atoms with van der Waals surface area (Å²) in [6.45, 7) is 5.55. The fourth-order valence-corrected chi connectivity index (χ4v) is 3.46. The van der Waals surface area contributed by atoms with Crippen molar-refractivity contribution >= 4 is 17.5 Å². The van der Waals surface area contributed by atoms with E-state index in [1.54, 1.807) is 4.90 Å². The van der Waals surface area contributed by atoms with Gasteiger partial charge in [0.25, 0.3) is 5.91 Å². The van der Waals surface area contributed by atoms with Gasteiger partial charge in [-0.05, 0) is 43.7 Å². The quantitative estimate of drug-likeness (QED) is 0.837. The maximum atomic E-state index is 12.9. The van der Waals surface area contributed by atoms with Crippen molar-refractivity contribution in [1.29, 1.82) is 0 Å². The Hall–Kier alpha value is -2.82. The highest BCUT2D eigenvalue weighted by molar-refractivity contribution is 5.98. The molecule has 5 heteroatoms. The molecule has 0 saturated carbocycles. The van der Waals surface area contributed by atoms with Crippen molar-refractivity contribution in [3.63, 3.8) is 0 Å². The monoisotopic (exact) mass is 365 g/mol. The van der Waals surface area contributed by atoms with Crippen LogP contribution in [0.2, 0.25) is 0 Å². The Labute approximate surface area is 161 Å². The fourth-order valence-electron chi connectivity index (χ4n) is 3.46. The van der Waals surface area contributed by atoms with Crippen molar-refractivity contribution in [3.05, 3.63) is 65.2 Å². The van der Waals surface area contributed by atoms with Gasteiger partial charge in [0.05, 0.1) is 0 Å². The smallest absolute Gasteiger partial charge is 0.254 e. The van der Waals surface area contributed by atoms with Gasteiger partial charge in [-0.3, -0.25) is 9.59 Å². The van der Waals surface area contributed by atoms with Crippen molar-refractivity contribution in [2.24, 2.45) is 0 Å². The average Bonchev–Trinajstić information content (AvgIpc) is 2.65. The lowest BCUT2D eigenvalue weighted by Gasteiger charge is -2.39. The van der Waals surface area contributed by atoms with Crippen molar-refractivity contribution < 1.29 is 9.59 Å². The van der Waals surface area contributed by atoms with Crippen LogP contribution >= 0.6 is 0 Å². The van der Waals surface area contributed by atoms with E-state index in [0.717, 1.165) is 11.3 Å². The average molecular weight is 365 g/mol. The normalized spacial score (nSPS) is 17.2. The number of anilines is 1. The van der Waals surface area contributed by atoms with Crippen LogP contribution in [0.5, 0.6) is 0 Å². The van der Waals surface area contributed by atoms with Gasteiger partial charge >= 0.3 is 0 Å². The molecular formula is C22H27N3O2. The molecule has 0 N–H and O–H groups in total. The Morgan fingerprint density at radius 2 is 1.81 bits per heavy atom. The zero-order chi connectivity index (χ0) is 19.6. The molecule has 1 atom stereocenters. The number of carbonyl (C=O) groups is 2. The number of hydrogen-bond acceptors (Lipinski definition) is 3. The highest BCUT2D eigenvalue weighted by atomic mass is 16.2. The van der Waals surface area contributed by atoms with E-state index < -0.39 is 6.04 Å². The molecule has 2 amide bonds. The van der Waals surface area contributed by atoms with Crippen LogP contribution in [-0.4, -0.2) is 54.8 Å². The molecule has 0 aliphatic carbocycles. The molecular weight excluding hydrogens is 338 g/mol. The summed E-state index contributed by atoms with van der Waals surface area (Å²) >= 11 is 0. The molecule has 27 heavy (non-hydrogen) atoms. The summed E-state index contributed by atoms with van der Waals surface area (Å²) < 4.78 is 0. The lowest BCUT2D eigenvalue weighted by atomic mass is 10.1. The van der Waals surface area contributed by atoms with E-state index in [1.807, 2.05) is 80.2 Å². The zero-order valence-electron chi connectivity index (χ0n) is 16.5. The van der Waals surface area contributed by atoms with E-state index in [2.05, 4.69) is 6.07 Å². The third-order valence-electron chi connectivity index (χ3n) is 5.09. The van der Waals surface area contributed by atoms with Gasteiger partial charge in [0.1, 0.15) is 6.04 Å². The molecule has 1 aliphatic rings. The minimum atomic E-state index is -0.454.